The van der Waals surface area contributed by atoms with Gasteiger partial charge in [0.2, 0.25) is 0 Å². The summed E-state index contributed by atoms with van der Waals surface area (Å²) in [4.78, 5) is 14.7. The number of nitrogens with zero attached hydrogens (tertiary/aromatic N) is 4. The molecule has 148 valence electrons. The summed E-state index contributed by atoms with van der Waals surface area (Å²) in [6, 6.07) is 0. The molecule has 8 nitrogen and oxygen atoms in total. The van der Waals surface area contributed by atoms with E-state index >= 15 is 0 Å². The fourth-order valence-electron chi connectivity index (χ4n) is 3.56. The van der Waals surface area contributed by atoms with Crippen molar-refractivity contribution < 1.29 is 14.3 Å². The maximum absolute atomic E-state index is 12.3. The SMILES string of the molecule is CCOC(Cn1cc(C(=O)NCCN2C[C@@H](C)C[C@H](C)C2)nn1)OCC. The van der Waals surface area contributed by atoms with Gasteiger partial charge in [-0.1, -0.05) is 19.1 Å². The normalized spacial score (nSPS) is 21.3. The largest absolute Gasteiger partial charge is 0.351 e. The van der Waals surface area contributed by atoms with Crippen LogP contribution in [0.1, 0.15) is 44.6 Å². The third-order valence-electron chi connectivity index (χ3n) is 4.47. The number of hydrogen-bond acceptors (Lipinski definition) is 6. The molecule has 1 saturated heterocycles. The number of nitrogens with one attached hydrogen (secondary N) is 1. The summed E-state index contributed by atoms with van der Waals surface area (Å²) < 4.78 is 12.6. The molecule has 1 aromatic rings. The van der Waals surface area contributed by atoms with Gasteiger partial charge in [-0.25, -0.2) is 4.68 Å². The van der Waals surface area contributed by atoms with Crippen LogP contribution in [-0.2, 0) is 16.0 Å². The number of hydrogen-bond donors (Lipinski definition) is 1. The van der Waals surface area contributed by atoms with Crippen LogP contribution in [-0.4, -0.2) is 71.5 Å². The Bertz CT molecular complexity index is 535. The van der Waals surface area contributed by atoms with E-state index in [0.29, 0.717) is 32.0 Å². The zero-order valence-electron chi connectivity index (χ0n) is 16.5. The third kappa shape index (κ3) is 6.66. The standard InChI is InChI=1S/C18H33N5O3/c1-5-25-17(26-6-2)13-23-12-16(20-21-23)18(24)19-7-8-22-10-14(3)9-15(4)11-22/h12,14-15,17H,5-11,13H2,1-4H3,(H,19,24)/t14-,15-/m0/s1. The van der Waals surface area contributed by atoms with Crippen molar-refractivity contribution in [1.82, 2.24) is 25.2 Å². The number of piperidine rings is 1. The van der Waals surface area contributed by atoms with Crippen LogP contribution in [0.5, 0.6) is 0 Å². The number of rotatable bonds is 10. The summed E-state index contributed by atoms with van der Waals surface area (Å²) in [6.07, 6.45) is 2.53. The second-order valence-electron chi connectivity index (χ2n) is 7.13. The van der Waals surface area contributed by atoms with Gasteiger partial charge >= 0.3 is 0 Å². The molecule has 1 aliphatic rings. The van der Waals surface area contributed by atoms with Crippen molar-refractivity contribution in [3.05, 3.63) is 11.9 Å². The Morgan fingerprint density at radius 3 is 2.54 bits per heavy atom. The van der Waals surface area contributed by atoms with Gasteiger partial charge in [-0.2, -0.15) is 0 Å². The first kappa shape index (κ1) is 20.8. The summed E-state index contributed by atoms with van der Waals surface area (Å²) in [5, 5.41) is 10.9. The van der Waals surface area contributed by atoms with Crippen molar-refractivity contribution in [1.29, 1.82) is 0 Å². The Morgan fingerprint density at radius 1 is 1.27 bits per heavy atom. The Labute approximate surface area is 156 Å². The van der Waals surface area contributed by atoms with Gasteiger partial charge in [0, 0.05) is 39.4 Å². The van der Waals surface area contributed by atoms with E-state index < -0.39 is 0 Å². The number of likely N-dealkylation sites (tertiary alicyclic amines) is 1. The zero-order valence-corrected chi connectivity index (χ0v) is 16.5. The van der Waals surface area contributed by atoms with Gasteiger partial charge in [0.25, 0.3) is 5.91 Å². The lowest BCUT2D eigenvalue weighted by Crippen LogP contribution is -2.42. The minimum Gasteiger partial charge on any atom is -0.351 e. The van der Waals surface area contributed by atoms with Crippen LogP contribution < -0.4 is 5.32 Å². The van der Waals surface area contributed by atoms with Gasteiger partial charge in [-0.05, 0) is 32.1 Å². The van der Waals surface area contributed by atoms with Crippen LogP contribution in [0.4, 0.5) is 0 Å². The summed E-state index contributed by atoms with van der Waals surface area (Å²) in [5.41, 5.74) is 0.317. The van der Waals surface area contributed by atoms with E-state index in [4.69, 9.17) is 9.47 Å². The summed E-state index contributed by atoms with van der Waals surface area (Å²) >= 11 is 0. The predicted octanol–water partition coefficient (Wildman–Crippen LogP) is 1.38. The Morgan fingerprint density at radius 2 is 1.92 bits per heavy atom. The van der Waals surface area contributed by atoms with Crippen LogP contribution in [0, 0.1) is 11.8 Å². The minimum absolute atomic E-state index is 0.196. The maximum atomic E-state index is 12.3. The van der Waals surface area contributed by atoms with Crippen molar-refractivity contribution in [2.45, 2.75) is 47.0 Å². The summed E-state index contributed by atoms with van der Waals surface area (Å²) in [7, 11) is 0. The highest BCUT2D eigenvalue weighted by atomic mass is 16.7. The Kier molecular flexibility index (Phi) is 8.47. The molecule has 0 bridgehead atoms. The van der Waals surface area contributed by atoms with Gasteiger partial charge < -0.3 is 19.7 Å². The molecule has 8 heteroatoms. The first-order valence-electron chi connectivity index (χ1n) is 9.65. The van der Waals surface area contributed by atoms with Crippen LogP contribution in [0.2, 0.25) is 0 Å². The molecule has 0 aromatic carbocycles. The molecule has 0 spiro atoms. The molecule has 1 aliphatic heterocycles. The number of carbonyl (C=O) groups is 1. The van der Waals surface area contributed by atoms with Gasteiger partial charge in [0.15, 0.2) is 12.0 Å². The van der Waals surface area contributed by atoms with E-state index in [1.165, 1.54) is 6.42 Å². The molecule has 1 N–H and O–H groups in total. The molecule has 2 atom stereocenters. The topological polar surface area (TPSA) is 81.5 Å². The smallest absolute Gasteiger partial charge is 0.273 e. The van der Waals surface area contributed by atoms with E-state index in [2.05, 4.69) is 34.4 Å². The van der Waals surface area contributed by atoms with Crippen molar-refractivity contribution in [3.8, 4) is 0 Å². The zero-order chi connectivity index (χ0) is 18.9. The van der Waals surface area contributed by atoms with Crippen LogP contribution in [0.25, 0.3) is 0 Å². The molecule has 2 rings (SSSR count). The second kappa shape index (κ2) is 10.6. The van der Waals surface area contributed by atoms with Gasteiger partial charge in [0.05, 0.1) is 12.7 Å². The van der Waals surface area contributed by atoms with Crippen molar-refractivity contribution in [2.75, 3.05) is 39.4 Å². The highest BCUT2D eigenvalue weighted by Crippen LogP contribution is 2.20. The fraction of sp³-hybridized carbons (Fsp3) is 0.833. The number of aromatic nitrogens is 3. The molecule has 0 aliphatic carbocycles. The fourth-order valence-corrected chi connectivity index (χ4v) is 3.56. The molecular weight excluding hydrogens is 334 g/mol. The first-order valence-corrected chi connectivity index (χ1v) is 9.65. The molecule has 26 heavy (non-hydrogen) atoms. The molecule has 2 heterocycles. The van der Waals surface area contributed by atoms with Crippen LogP contribution >= 0.6 is 0 Å². The predicted molar refractivity (Wildman–Crippen MR) is 98.8 cm³/mol. The van der Waals surface area contributed by atoms with E-state index in [0.717, 1.165) is 31.5 Å². The van der Waals surface area contributed by atoms with Crippen LogP contribution in [0.15, 0.2) is 6.20 Å². The second-order valence-corrected chi connectivity index (χ2v) is 7.13. The molecule has 1 amide bonds. The maximum Gasteiger partial charge on any atom is 0.273 e. The van der Waals surface area contributed by atoms with Gasteiger partial charge in [-0.15, -0.1) is 5.10 Å². The van der Waals surface area contributed by atoms with E-state index in [9.17, 15) is 4.79 Å². The number of carbonyl (C=O) groups excluding carboxylic acids is 1. The van der Waals surface area contributed by atoms with Crippen molar-refractivity contribution >= 4 is 5.91 Å². The Balaban J connectivity index is 1.76. The molecular formula is C18H33N5O3. The van der Waals surface area contributed by atoms with E-state index in [-0.39, 0.29) is 12.2 Å². The lowest BCUT2D eigenvalue weighted by molar-refractivity contribution is -0.145. The highest BCUT2D eigenvalue weighted by Gasteiger charge is 2.21. The average Bonchev–Trinajstić information content (AvgIpc) is 3.03. The van der Waals surface area contributed by atoms with E-state index in [1.807, 2.05) is 13.8 Å². The quantitative estimate of drug-likeness (QED) is 0.629. The summed E-state index contributed by atoms with van der Waals surface area (Å²) in [6.45, 7) is 13.6. The van der Waals surface area contributed by atoms with E-state index in [1.54, 1.807) is 10.9 Å². The van der Waals surface area contributed by atoms with Gasteiger partial charge in [-0.3, -0.25) is 4.79 Å². The first-order chi connectivity index (χ1) is 12.5. The average molecular weight is 367 g/mol. The molecule has 0 radical (unpaired) electrons. The number of ether oxygens (including phenoxy) is 2. The van der Waals surface area contributed by atoms with Crippen molar-refractivity contribution in [2.24, 2.45) is 11.8 Å². The Hall–Kier alpha value is -1.51. The van der Waals surface area contributed by atoms with Crippen LogP contribution in [0.3, 0.4) is 0 Å². The minimum atomic E-state index is -0.384. The number of amides is 1. The molecule has 0 unspecified atom stereocenters. The summed E-state index contributed by atoms with van der Waals surface area (Å²) in [5.74, 6) is 1.25. The molecule has 1 fully saturated rings. The van der Waals surface area contributed by atoms with Crippen molar-refractivity contribution in [3.63, 3.8) is 0 Å². The highest BCUT2D eigenvalue weighted by molar-refractivity contribution is 5.91. The molecule has 0 saturated carbocycles. The third-order valence-corrected chi connectivity index (χ3v) is 4.47. The molecule has 1 aromatic heterocycles. The lowest BCUT2D eigenvalue weighted by Gasteiger charge is -2.34. The lowest BCUT2D eigenvalue weighted by atomic mass is 9.92. The van der Waals surface area contributed by atoms with Gasteiger partial charge in [0.1, 0.15) is 0 Å². The monoisotopic (exact) mass is 367 g/mol.